The number of aromatic amines is 1. The number of rotatable bonds is 3. The highest BCUT2D eigenvalue weighted by atomic mass is 16.4. The highest BCUT2D eigenvalue weighted by Gasteiger charge is 2.15. The summed E-state index contributed by atoms with van der Waals surface area (Å²) >= 11 is 0. The zero-order valence-corrected chi connectivity index (χ0v) is 11.0. The molecule has 1 heterocycles. The molecular formula is C14H20N2O2. The average Bonchev–Trinajstić information content (AvgIpc) is 2.76. The van der Waals surface area contributed by atoms with Crippen molar-refractivity contribution in [3.63, 3.8) is 0 Å². The summed E-state index contributed by atoms with van der Waals surface area (Å²) in [6, 6.07) is 5.10. The molecule has 1 aromatic heterocycles. The van der Waals surface area contributed by atoms with Crippen LogP contribution in [0.4, 0.5) is 0 Å². The van der Waals surface area contributed by atoms with E-state index in [2.05, 4.69) is 4.98 Å². The van der Waals surface area contributed by atoms with Gasteiger partial charge in [0.15, 0.2) is 0 Å². The third-order valence-corrected chi connectivity index (χ3v) is 2.75. The summed E-state index contributed by atoms with van der Waals surface area (Å²) in [6.07, 6.45) is 2.18. The third kappa shape index (κ3) is 2.90. The van der Waals surface area contributed by atoms with Crippen molar-refractivity contribution >= 4 is 16.9 Å². The number of H-pyrrole nitrogens is 1. The lowest BCUT2D eigenvalue weighted by Gasteiger charge is -2.06. The summed E-state index contributed by atoms with van der Waals surface area (Å²) in [7, 11) is 0. The standard InChI is InChI=1S/C12H14N2O2.C2H6/c1-7-3-2-4-10-11(7)8(6-14-10)5-9(13)12(15)16;1-2/h2-4,6,9,14H,5,13H2,1H3,(H,15,16);1-2H3. The molecule has 2 aromatic rings. The molecule has 18 heavy (non-hydrogen) atoms. The second-order valence-electron chi connectivity index (χ2n) is 3.96. The number of aromatic nitrogens is 1. The van der Waals surface area contributed by atoms with Crippen LogP contribution < -0.4 is 5.73 Å². The lowest BCUT2D eigenvalue weighted by Crippen LogP contribution is -2.32. The van der Waals surface area contributed by atoms with Gasteiger partial charge in [-0.2, -0.15) is 0 Å². The number of benzene rings is 1. The molecule has 0 fully saturated rings. The van der Waals surface area contributed by atoms with E-state index in [0.29, 0.717) is 6.42 Å². The fourth-order valence-electron chi connectivity index (χ4n) is 1.94. The van der Waals surface area contributed by atoms with Crippen molar-refractivity contribution in [2.75, 3.05) is 0 Å². The van der Waals surface area contributed by atoms with Gasteiger partial charge in [-0.15, -0.1) is 0 Å². The lowest BCUT2D eigenvalue weighted by molar-refractivity contribution is -0.138. The number of aryl methyl sites for hydroxylation is 1. The Labute approximate surface area is 107 Å². The number of hydrogen-bond donors (Lipinski definition) is 3. The van der Waals surface area contributed by atoms with Crippen molar-refractivity contribution in [3.05, 3.63) is 35.5 Å². The first-order valence-electron chi connectivity index (χ1n) is 6.13. The van der Waals surface area contributed by atoms with Crippen molar-refractivity contribution < 1.29 is 9.90 Å². The summed E-state index contributed by atoms with van der Waals surface area (Å²) in [5, 5.41) is 9.87. The number of nitrogens with two attached hydrogens (primary N) is 1. The predicted octanol–water partition coefficient (Wildman–Crippen LogP) is 2.46. The van der Waals surface area contributed by atoms with E-state index in [0.717, 1.165) is 22.0 Å². The van der Waals surface area contributed by atoms with Crippen LogP contribution >= 0.6 is 0 Å². The molecule has 4 nitrogen and oxygen atoms in total. The van der Waals surface area contributed by atoms with E-state index >= 15 is 0 Å². The van der Waals surface area contributed by atoms with Crippen molar-refractivity contribution in [3.8, 4) is 0 Å². The van der Waals surface area contributed by atoms with Crippen molar-refractivity contribution in [2.24, 2.45) is 5.73 Å². The molecule has 0 spiro atoms. The second kappa shape index (κ2) is 6.21. The maximum Gasteiger partial charge on any atom is 0.320 e. The molecule has 0 aliphatic rings. The van der Waals surface area contributed by atoms with E-state index in [-0.39, 0.29) is 0 Å². The van der Waals surface area contributed by atoms with Crippen LogP contribution in [-0.4, -0.2) is 22.1 Å². The minimum absolute atomic E-state index is 0.347. The molecule has 1 unspecified atom stereocenters. The van der Waals surface area contributed by atoms with Gasteiger partial charge in [-0.1, -0.05) is 26.0 Å². The number of hydrogen-bond acceptors (Lipinski definition) is 2. The molecule has 1 aromatic carbocycles. The molecule has 0 saturated heterocycles. The Morgan fingerprint density at radius 3 is 2.72 bits per heavy atom. The van der Waals surface area contributed by atoms with Crippen LogP contribution in [0.5, 0.6) is 0 Å². The van der Waals surface area contributed by atoms with Crippen LogP contribution in [0.2, 0.25) is 0 Å². The van der Waals surface area contributed by atoms with Crippen LogP contribution in [-0.2, 0) is 11.2 Å². The van der Waals surface area contributed by atoms with Crippen LogP contribution in [0.3, 0.4) is 0 Å². The SMILES string of the molecule is CC.Cc1cccc2[nH]cc(CC(N)C(=O)O)c12. The summed E-state index contributed by atoms with van der Waals surface area (Å²) in [5.74, 6) is -0.970. The van der Waals surface area contributed by atoms with E-state index in [1.165, 1.54) is 0 Å². The number of fused-ring (bicyclic) bond motifs is 1. The monoisotopic (exact) mass is 248 g/mol. The molecule has 0 amide bonds. The van der Waals surface area contributed by atoms with E-state index in [4.69, 9.17) is 10.8 Å². The largest absolute Gasteiger partial charge is 0.480 e. The van der Waals surface area contributed by atoms with Gasteiger partial charge in [0.2, 0.25) is 0 Å². The van der Waals surface area contributed by atoms with Gasteiger partial charge in [0.1, 0.15) is 6.04 Å². The summed E-state index contributed by atoms with van der Waals surface area (Å²) in [5.41, 5.74) is 8.65. The quantitative estimate of drug-likeness (QED) is 0.780. The molecule has 0 aliphatic heterocycles. The summed E-state index contributed by atoms with van der Waals surface area (Å²) < 4.78 is 0. The van der Waals surface area contributed by atoms with Gasteiger partial charge < -0.3 is 15.8 Å². The zero-order valence-electron chi connectivity index (χ0n) is 11.0. The van der Waals surface area contributed by atoms with Crippen molar-refractivity contribution in [1.82, 2.24) is 4.98 Å². The Balaban J connectivity index is 0.000000771. The van der Waals surface area contributed by atoms with Crippen LogP contribution in [0, 0.1) is 6.92 Å². The Bertz CT molecular complexity index is 532. The number of carboxylic acids is 1. The van der Waals surface area contributed by atoms with Gasteiger partial charge in [-0.25, -0.2) is 0 Å². The maximum absolute atomic E-state index is 10.7. The zero-order chi connectivity index (χ0) is 13.7. The highest BCUT2D eigenvalue weighted by molar-refractivity contribution is 5.87. The first-order chi connectivity index (χ1) is 8.59. The van der Waals surface area contributed by atoms with Crippen molar-refractivity contribution in [1.29, 1.82) is 0 Å². The molecule has 4 N–H and O–H groups in total. The van der Waals surface area contributed by atoms with E-state index in [1.807, 2.05) is 45.2 Å². The van der Waals surface area contributed by atoms with Gasteiger partial charge in [0.05, 0.1) is 0 Å². The Morgan fingerprint density at radius 2 is 2.11 bits per heavy atom. The van der Waals surface area contributed by atoms with E-state index in [1.54, 1.807) is 0 Å². The molecule has 0 saturated carbocycles. The van der Waals surface area contributed by atoms with E-state index < -0.39 is 12.0 Å². The second-order valence-corrected chi connectivity index (χ2v) is 3.96. The molecule has 2 rings (SSSR count). The normalized spacial score (nSPS) is 11.8. The Kier molecular flexibility index (Phi) is 4.92. The molecule has 0 bridgehead atoms. The molecule has 0 radical (unpaired) electrons. The van der Waals surface area contributed by atoms with Gasteiger partial charge in [-0.3, -0.25) is 4.79 Å². The number of carboxylic acid groups (broad SMARTS) is 1. The van der Waals surface area contributed by atoms with E-state index in [9.17, 15) is 4.79 Å². The van der Waals surface area contributed by atoms with Crippen LogP contribution in [0.25, 0.3) is 10.9 Å². The smallest absolute Gasteiger partial charge is 0.320 e. The Morgan fingerprint density at radius 1 is 1.44 bits per heavy atom. The topological polar surface area (TPSA) is 79.1 Å². The van der Waals surface area contributed by atoms with Crippen LogP contribution in [0.15, 0.2) is 24.4 Å². The third-order valence-electron chi connectivity index (χ3n) is 2.75. The maximum atomic E-state index is 10.7. The molecule has 1 atom stereocenters. The first-order valence-corrected chi connectivity index (χ1v) is 6.13. The molecule has 4 heteroatoms. The van der Waals surface area contributed by atoms with Crippen molar-refractivity contribution in [2.45, 2.75) is 33.2 Å². The van der Waals surface area contributed by atoms with Gasteiger partial charge in [-0.05, 0) is 24.1 Å². The minimum atomic E-state index is -0.970. The molecule has 98 valence electrons. The average molecular weight is 248 g/mol. The number of aliphatic carboxylic acids is 1. The number of nitrogens with one attached hydrogen (secondary N) is 1. The van der Waals surface area contributed by atoms with Gasteiger partial charge in [0, 0.05) is 23.5 Å². The van der Waals surface area contributed by atoms with Gasteiger partial charge >= 0.3 is 5.97 Å². The van der Waals surface area contributed by atoms with Crippen LogP contribution in [0.1, 0.15) is 25.0 Å². The minimum Gasteiger partial charge on any atom is -0.480 e. The molecular weight excluding hydrogens is 228 g/mol. The first kappa shape index (κ1) is 14.3. The fraction of sp³-hybridized carbons (Fsp3) is 0.357. The Hall–Kier alpha value is -1.81. The summed E-state index contributed by atoms with van der Waals surface area (Å²) in [6.45, 7) is 6.01. The molecule has 0 aliphatic carbocycles. The lowest BCUT2D eigenvalue weighted by atomic mass is 10.0. The summed E-state index contributed by atoms with van der Waals surface area (Å²) in [4.78, 5) is 13.8. The fourth-order valence-corrected chi connectivity index (χ4v) is 1.94. The van der Waals surface area contributed by atoms with Gasteiger partial charge in [0.25, 0.3) is 0 Å². The highest BCUT2D eigenvalue weighted by Crippen LogP contribution is 2.22. The predicted molar refractivity (Wildman–Crippen MR) is 73.7 cm³/mol. The number of carbonyl (C=O) groups is 1.